The number of anilines is 2. The molecule has 132 valence electrons. The van der Waals surface area contributed by atoms with Crippen LogP contribution >= 0.6 is 23.6 Å². The Morgan fingerprint density at radius 2 is 2.00 bits per heavy atom. The van der Waals surface area contributed by atoms with Crippen LogP contribution in [-0.2, 0) is 4.74 Å². The van der Waals surface area contributed by atoms with Crippen molar-refractivity contribution in [2.24, 2.45) is 0 Å². The van der Waals surface area contributed by atoms with E-state index in [1.54, 1.807) is 39.3 Å². The number of carbonyl (C=O) groups is 2. The first-order valence-electron chi connectivity index (χ1n) is 7.27. The van der Waals surface area contributed by atoms with Crippen LogP contribution in [-0.4, -0.2) is 48.1 Å². The summed E-state index contributed by atoms with van der Waals surface area (Å²) in [6.45, 7) is 1.71. The largest absolute Gasteiger partial charge is 0.465 e. The van der Waals surface area contributed by atoms with E-state index in [-0.39, 0.29) is 11.0 Å². The molecular formula is C16H18N4O3S2. The zero-order chi connectivity index (χ0) is 18.6. The molecule has 2 rings (SSSR count). The van der Waals surface area contributed by atoms with E-state index >= 15 is 0 Å². The lowest BCUT2D eigenvalue weighted by Gasteiger charge is -2.09. The number of carbonyl (C=O) groups excluding carboxylic acids is 2. The molecule has 9 heteroatoms. The van der Waals surface area contributed by atoms with Gasteiger partial charge in [-0.1, -0.05) is 6.07 Å². The highest BCUT2D eigenvalue weighted by Gasteiger charge is 2.26. The maximum absolute atomic E-state index is 12.3. The molecule has 0 aliphatic heterocycles. The summed E-state index contributed by atoms with van der Waals surface area (Å²) < 4.78 is 4.84. The van der Waals surface area contributed by atoms with Gasteiger partial charge in [-0.2, -0.15) is 0 Å². The number of methoxy groups -OCH3 is 1. The Labute approximate surface area is 155 Å². The molecule has 2 aromatic heterocycles. The van der Waals surface area contributed by atoms with Gasteiger partial charge in [0.1, 0.15) is 10.8 Å². The van der Waals surface area contributed by atoms with Crippen molar-refractivity contribution in [1.29, 1.82) is 0 Å². The molecule has 0 radical (unpaired) electrons. The molecular weight excluding hydrogens is 360 g/mol. The lowest BCUT2D eigenvalue weighted by molar-refractivity contribution is 0.0601. The van der Waals surface area contributed by atoms with Gasteiger partial charge < -0.3 is 20.3 Å². The first kappa shape index (κ1) is 18.8. The van der Waals surface area contributed by atoms with Gasteiger partial charge >= 0.3 is 5.97 Å². The van der Waals surface area contributed by atoms with Gasteiger partial charge in [0.25, 0.3) is 5.91 Å². The van der Waals surface area contributed by atoms with Crippen LogP contribution < -0.4 is 10.6 Å². The maximum Gasteiger partial charge on any atom is 0.341 e. The second kappa shape index (κ2) is 8.04. The summed E-state index contributed by atoms with van der Waals surface area (Å²) >= 11 is 6.42. The summed E-state index contributed by atoms with van der Waals surface area (Å²) in [4.78, 5) is 30.5. The highest BCUT2D eigenvalue weighted by Crippen LogP contribution is 2.34. The number of aromatic nitrogens is 1. The first-order chi connectivity index (χ1) is 11.8. The predicted molar refractivity (Wildman–Crippen MR) is 102 cm³/mol. The third-order valence-electron chi connectivity index (χ3n) is 3.27. The fraction of sp³-hybridized carbons (Fsp3) is 0.250. The van der Waals surface area contributed by atoms with E-state index < -0.39 is 5.97 Å². The number of hydrogen-bond donors (Lipinski definition) is 2. The Balaban J connectivity index is 2.32. The van der Waals surface area contributed by atoms with E-state index in [1.165, 1.54) is 12.0 Å². The highest BCUT2D eigenvalue weighted by molar-refractivity contribution is 7.80. The van der Waals surface area contributed by atoms with Crippen LogP contribution in [0.15, 0.2) is 24.4 Å². The van der Waals surface area contributed by atoms with Crippen molar-refractivity contribution in [3.63, 3.8) is 0 Å². The summed E-state index contributed by atoms with van der Waals surface area (Å²) in [6, 6.07) is 5.37. The van der Waals surface area contributed by atoms with E-state index in [4.69, 9.17) is 17.0 Å². The summed E-state index contributed by atoms with van der Waals surface area (Å²) in [5, 5.41) is 6.59. The SMILES string of the molecule is COC(=O)c1c(NC(=S)Nc2ccccn2)sc(C(=O)N(C)C)c1C. The Bertz CT molecular complexity index is 803. The third-order valence-corrected chi connectivity index (χ3v) is 4.67. The van der Waals surface area contributed by atoms with Crippen molar-refractivity contribution in [2.75, 3.05) is 31.8 Å². The van der Waals surface area contributed by atoms with E-state index in [2.05, 4.69) is 15.6 Å². The molecule has 0 aliphatic carbocycles. The van der Waals surface area contributed by atoms with Gasteiger partial charge in [-0.25, -0.2) is 9.78 Å². The van der Waals surface area contributed by atoms with Gasteiger partial charge in [-0.05, 0) is 36.8 Å². The maximum atomic E-state index is 12.3. The van der Waals surface area contributed by atoms with Crippen LogP contribution in [0.25, 0.3) is 0 Å². The van der Waals surface area contributed by atoms with Crippen molar-refractivity contribution >= 4 is 51.4 Å². The minimum atomic E-state index is -0.533. The Kier molecular flexibility index (Phi) is 6.05. The average molecular weight is 378 g/mol. The number of rotatable bonds is 4. The van der Waals surface area contributed by atoms with Gasteiger partial charge in [0.2, 0.25) is 0 Å². The average Bonchev–Trinajstić information content (AvgIpc) is 2.90. The molecule has 7 nitrogen and oxygen atoms in total. The van der Waals surface area contributed by atoms with Crippen LogP contribution in [0, 0.1) is 6.92 Å². The van der Waals surface area contributed by atoms with Crippen LogP contribution in [0.5, 0.6) is 0 Å². The normalized spacial score (nSPS) is 10.1. The molecule has 0 saturated carbocycles. The van der Waals surface area contributed by atoms with E-state index in [9.17, 15) is 9.59 Å². The van der Waals surface area contributed by atoms with Gasteiger partial charge in [0, 0.05) is 20.3 Å². The Hall–Kier alpha value is -2.52. The number of nitrogens with zero attached hydrogens (tertiary/aromatic N) is 2. The molecule has 0 aromatic carbocycles. The molecule has 0 atom stereocenters. The molecule has 2 N–H and O–H groups in total. The number of pyridine rings is 1. The molecule has 0 saturated heterocycles. The summed E-state index contributed by atoms with van der Waals surface area (Å²) in [7, 11) is 4.60. The number of thiophene rings is 1. The van der Waals surface area contributed by atoms with Crippen molar-refractivity contribution in [1.82, 2.24) is 9.88 Å². The molecule has 1 amide bonds. The minimum absolute atomic E-state index is 0.190. The van der Waals surface area contributed by atoms with Crippen molar-refractivity contribution < 1.29 is 14.3 Å². The second-order valence-electron chi connectivity index (χ2n) is 5.25. The van der Waals surface area contributed by atoms with E-state index in [0.717, 1.165) is 11.3 Å². The molecule has 0 unspecified atom stereocenters. The zero-order valence-corrected chi connectivity index (χ0v) is 15.9. The topological polar surface area (TPSA) is 83.6 Å². The fourth-order valence-corrected chi connectivity index (χ4v) is 3.54. The van der Waals surface area contributed by atoms with Gasteiger partial charge in [-0.15, -0.1) is 11.3 Å². The predicted octanol–water partition coefficient (Wildman–Crippen LogP) is 2.75. The summed E-state index contributed by atoms with van der Waals surface area (Å²) in [6.07, 6.45) is 1.63. The number of thiocarbonyl (C=S) groups is 1. The standard InChI is InChI=1S/C16H18N4O3S2/c1-9-11(15(22)23-4)13(25-12(9)14(21)20(2)3)19-16(24)18-10-7-5-6-8-17-10/h5-8H,1-4H3,(H2,17,18,19,24). The fourth-order valence-electron chi connectivity index (χ4n) is 2.04. The van der Waals surface area contributed by atoms with Crippen LogP contribution in [0.4, 0.5) is 10.8 Å². The zero-order valence-electron chi connectivity index (χ0n) is 14.2. The third kappa shape index (κ3) is 4.31. The molecule has 0 aliphatic rings. The van der Waals surface area contributed by atoms with Crippen LogP contribution in [0.1, 0.15) is 25.6 Å². The molecule has 25 heavy (non-hydrogen) atoms. The monoisotopic (exact) mass is 378 g/mol. The first-order valence-corrected chi connectivity index (χ1v) is 8.50. The molecule has 2 heterocycles. The number of esters is 1. The lowest BCUT2D eigenvalue weighted by atomic mass is 10.1. The van der Waals surface area contributed by atoms with Crippen LogP contribution in [0.3, 0.4) is 0 Å². The van der Waals surface area contributed by atoms with Gasteiger partial charge in [0.15, 0.2) is 5.11 Å². The second-order valence-corrected chi connectivity index (χ2v) is 6.67. The lowest BCUT2D eigenvalue weighted by Crippen LogP contribution is -2.21. The minimum Gasteiger partial charge on any atom is -0.465 e. The molecule has 0 bridgehead atoms. The van der Waals surface area contributed by atoms with Crippen LogP contribution in [0.2, 0.25) is 0 Å². The number of amides is 1. The van der Waals surface area contributed by atoms with Gasteiger partial charge in [-0.3, -0.25) is 4.79 Å². The number of nitrogens with one attached hydrogen (secondary N) is 2. The quantitative estimate of drug-likeness (QED) is 0.625. The van der Waals surface area contributed by atoms with Crippen molar-refractivity contribution in [2.45, 2.75) is 6.92 Å². The van der Waals surface area contributed by atoms with Gasteiger partial charge in [0.05, 0.1) is 17.6 Å². The molecule has 0 spiro atoms. The highest BCUT2D eigenvalue weighted by atomic mass is 32.1. The van der Waals surface area contributed by atoms with Crippen molar-refractivity contribution in [3.05, 3.63) is 40.4 Å². The Morgan fingerprint density at radius 3 is 2.56 bits per heavy atom. The van der Waals surface area contributed by atoms with E-state index in [1.807, 2.05) is 6.07 Å². The molecule has 2 aromatic rings. The Morgan fingerprint density at radius 1 is 1.28 bits per heavy atom. The number of hydrogen-bond acceptors (Lipinski definition) is 6. The number of ether oxygens (including phenoxy) is 1. The summed E-state index contributed by atoms with van der Waals surface area (Å²) in [5.41, 5.74) is 0.849. The smallest absolute Gasteiger partial charge is 0.341 e. The van der Waals surface area contributed by atoms with Crippen molar-refractivity contribution in [3.8, 4) is 0 Å². The summed E-state index contributed by atoms with van der Waals surface area (Å²) in [5.74, 6) is -0.156. The van der Waals surface area contributed by atoms with E-state index in [0.29, 0.717) is 26.8 Å². The molecule has 0 fully saturated rings.